The summed E-state index contributed by atoms with van der Waals surface area (Å²) in [5, 5.41) is 0. The first-order chi connectivity index (χ1) is 7.47. The molecule has 0 aromatic carbocycles. The monoisotopic (exact) mass is 234 g/mol. The molecule has 2 heterocycles. The molecule has 0 amide bonds. The van der Waals surface area contributed by atoms with Crippen LogP contribution in [0.5, 0.6) is 0 Å². The van der Waals surface area contributed by atoms with E-state index >= 15 is 0 Å². The van der Waals surface area contributed by atoms with Gasteiger partial charge in [0.25, 0.3) is 5.56 Å². The predicted octanol–water partition coefficient (Wildman–Crippen LogP) is 2.80. The third-order valence-corrected chi connectivity index (χ3v) is 3.77. The standard InChI is InChI=1S/C12H14N2OS/c1-12(2,3)9-5-4-8(16-9)11-13-7-6-10(15)14-11/h4-7H,1-3H3,(H,13,14,15). The van der Waals surface area contributed by atoms with Crippen molar-refractivity contribution in [3.05, 3.63) is 39.6 Å². The minimum Gasteiger partial charge on any atom is -0.306 e. The van der Waals surface area contributed by atoms with Gasteiger partial charge in [-0.2, -0.15) is 0 Å². The van der Waals surface area contributed by atoms with Crippen LogP contribution in [-0.4, -0.2) is 9.97 Å². The molecule has 0 saturated heterocycles. The summed E-state index contributed by atoms with van der Waals surface area (Å²) in [6, 6.07) is 5.51. The molecule has 0 radical (unpaired) electrons. The van der Waals surface area contributed by atoms with E-state index < -0.39 is 0 Å². The first-order valence-corrected chi connectivity index (χ1v) is 5.94. The average molecular weight is 234 g/mol. The second-order valence-electron chi connectivity index (χ2n) is 4.70. The maximum Gasteiger partial charge on any atom is 0.251 e. The number of thiophene rings is 1. The Morgan fingerprint density at radius 3 is 2.56 bits per heavy atom. The molecular weight excluding hydrogens is 220 g/mol. The lowest BCUT2D eigenvalue weighted by Crippen LogP contribution is -2.07. The largest absolute Gasteiger partial charge is 0.306 e. The maximum atomic E-state index is 11.2. The molecule has 0 bridgehead atoms. The number of hydrogen-bond acceptors (Lipinski definition) is 3. The van der Waals surface area contributed by atoms with Gasteiger partial charge >= 0.3 is 0 Å². The minimum atomic E-state index is -0.115. The molecule has 0 aliphatic rings. The molecule has 2 aromatic heterocycles. The molecule has 0 aliphatic heterocycles. The molecule has 0 saturated carbocycles. The molecule has 3 nitrogen and oxygen atoms in total. The number of rotatable bonds is 1. The third kappa shape index (κ3) is 2.22. The fraction of sp³-hybridized carbons (Fsp3) is 0.333. The zero-order valence-electron chi connectivity index (χ0n) is 9.57. The fourth-order valence-electron chi connectivity index (χ4n) is 1.36. The number of H-pyrrole nitrogens is 1. The Morgan fingerprint density at radius 1 is 1.25 bits per heavy atom. The topological polar surface area (TPSA) is 45.8 Å². The lowest BCUT2D eigenvalue weighted by Gasteiger charge is -2.15. The Balaban J connectivity index is 2.43. The van der Waals surface area contributed by atoms with E-state index in [9.17, 15) is 4.79 Å². The molecule has 1 N–H and O–H groups in total. The Bertz CT molecular complexity index is 548. The Kier molecular flexibility index (Phi) is 2.68. The van der Waals surface area contributed by atoms with Gasteiger partial charge in [0.05, 0.1) is 4.88 Å². The summed E-state index contributed by atoms with van der Waals surface area (Å²) < 4.78 is 0. The van der Waals surface area contributed by atoms with E-state index in [1.54, 1.807) is 11.3 Å². The summed E-state index contributed by atoms with van der Waals surface area (Å²) in [7, 11) is 0. The normalized spacial score (nSPS) is 11.7. The van der Waals surface area contributed by atoms with E-state index in [-0.39, 0.29) is 11.0 Å². The van der Waals surface area contributed by atoms with Crippen LogP contribution in [0.2, 0.25) is 0 Å². The number of nitrogens with one attached hydrogen (secondary N) is 1. The van der Waals surface area contributed by atoms with E-state index in [2.05, 4.69) is 36.8 Å². The fourth-order valence-corrected chi connectivity index (χ4v) is 2.38. The van der Waals surface area contributed by atoms with Crippen LogP contribution >= 0.6 is 11.3 Å². The van der Waals surface area contributed by atoms with Crippen LogP contribution in [0.3, 0.4) is 0 Å². The van der Waals surface area contributed by atoms with Crippen LogP contribution in [0.4, 0.5) is 0 Å². The van der Waals surface area contributed by atoms with E-state index in [0.29, 0.717) is 5.82 Å². The summed E-state index contributed by atoms with van der Waals surface area (Å²) in [5.74, 6) is 0.646. The quantitative estimate of drug-likeness (QED) is 0.824. The lowest BCUT2D eigenvalue weighted by molar-refractivity contribution is 0.604. The summed E-state index contributed by atoms with van der Waals surface area (Å²) in [6.07, 6.45) is 1.53. The molecule has 2 aromatic rings. The maximum absolute atomic E-state index is 11.2. The number of aromatic amines is 1. The van der Waals surface area contributed by atoms with Crippen molar-refractivity contribution in [3.8, 4) is 10.7 Å². The summed E-state index contributed by atoms with van der Waals surface area (Å²) in [6.45, 7) is 6.51. The van der Waals surface area contributed by atoms with Gasteiger partial charge in [-0.3, -0.25) is 4.79 Å². The Morgan fingerprint density at radius 2 is 2.00 bits per heavy atom. The molecular formula is C12H14N2OS. The highest BCUT2D eigenvalue weighted by Crippen LogP contribution is 2.33. The van der Waals surface area contributed by atoms with Crippen molar-refractivity contribution in [2.75, 3.05) is 0 Å². The summed E-state index contributed by atoms with van der Waals surface area (Å²) >= 11 is 1.67. The molecule has 4 heteroatoms. The molecule has 16 heavy (non-hydrogen) atoms. The second-order valence-corrected chi connectivity index (χ2v) is 5.78. The van der Waals surface area contributed by atoms with Crippen LogP contribution in [0.1, 0.15) is 25.6 Å². The van der Waals surface area contributed by atoms with Crippen molar-refractivity contribution in [1.29, 1.82) is 0 Å². The molecule has 0 unspecified atom stereocenters. The highest BCUT2D eigenvalue weighted by Gasteiger charge is 2.16. The molecule has 0 fully saturated rings. The highest BCUT2D eigenvalue weighted by molar-refractivity contribution is 7.15. The zero-order chi connectivity index (χ0) is 11.8. The van der Waals surface area contributed by atoms with Gasteiger partial charge in [-0.05, 0) is 17.5 Å². The van der Waals surface area contributed by atoms with Crippen molar-refractivity contribution in [1.82, 2.24) is 9.97 Å². The first-order valence-electron chi connectivity index (χ1n) is 5.13. The minimum absolute atomic E-state index is 0.115. The van der Waals surface area contributed by atoms with Crippen LogP contribution < -0.4 is 5.56 Å². The van der Waals surface area contributed by atoms with Crippen molar-refractivity contribution in [2.45, 2.75) is 26.2 Å². The van der Waals surface area contributed by atoms with Gasteiger partial charge < -0.3 is 4.98 Å². The van der Waals surface area contributed by atoms with Crippen LogP contribution in [-0.2, 0) is 5.41 Å². The van der Waals surface area contributed by atoms with Gasteiger partial charge in [0.2, 0.25) is 0 Å². The molecule has 84 valence electrons. The number of aromatic nitrogens is 2. The Hall–Kier alpha value is -1.42. The van der Waals surface area contributed by atoms with Crippen molar-refractivity contribution in [3.63, 3.8) is 0 Å². The SMILES string of the molecule is CC(C)(C)c1ccc(-c2nccc(=O)[nH]2)s1. The molecule has 0 aliphatic carbocycles. The van der Waals surface area contributed by atoms with Gasteiger partial charge in [0.1, 0.15) is 5.82 Å². The van der Waals surface area contributed by atoms with Gasteiger partial charge in [-0.15, -0.1) is 11.3 Å². The second kappa shape index (κ2) is 3.87. The van der Waals surface area contributed by atoms with Crippen molar-refractivity contribution in [2.24, 2.45) is 0 Å². The molecule has 0 atom stereocenters. The van der Waals surface area contributed by atoms with E-state index in [4.69, 9.17) is 0 Å². The smallest absolute Gasteiger partial charge is 0.251 e. The van der Waals surface area contributed by atoms with Crippen LogP contribution in [0, 0.1) is 0 Å². The van der Waals surface area contributed by atoms with Gasteiger partial charge in [0, 0.05) is 17.1 Å². The van der Waals surface area contributed by atoms with Gasteiger partial charge in [0.15, 0.2) is 0 Å². The van der Waals surface area contributed by atoms with Crippen molar-refractivity contribution >= 4 is 11.3 Å². The van der Waals surface area contributed by atoms with Crippen LogP contribution in [0.25, 0.3) is 10.7 Å². The van der Waals surface area contributed by atoms with Crippen LogP contribution in [0.15, 0.2) is 29.2 Å². The predicted molar refractivity (Wildman–Crippen MR) is 66.9 cm³/mol. The van der Waals surface area contributed by atoms with Crippen molar-refractivity contribution < 1.29 is 0 Å². The lowest BCUT2D eigenvalue weighted by atomic mass is 9.95. The van der Waals surface area contributed by atoms with Gasteiger partial charge in [-0.1, -0.05) is 20.8 Å². The molecule has 2 rings (SSSR count). The number of hydrogen-bond donors (Lipinski definition) is 1. The zero-order valence-corrected chi connectivity index (χ0v) is 10.4. The molecule has 0 spiro atoms. The van der Waals surface area contributed by atoms with E-state index in [1.807, 2.05) is 6.07 Å². The third-order valence-electron chi connectivity index (χ3n) is 2.25. The highest BCUT2D eigenvalue weighted by atomic mass is 32.1. The van der Waals surface area contributed by atoms with Gasteiger partial charge in [-0.25, -0.2) is 4.98 Å². The van der Waals surface area contributed by atoms with E-state index in [1.165, 1.54) is 17.1 Å². The first kappa shape index (κ1) is 11.1. The summed E-state index contributed by atoms with van der Waals surface area (Å²) in [4.78, 5) is 20.4. The Labute approximate surface area is 98.2 Å². The summed E-state index contributed by atoms with van der Waals surface area (Å²) in [5.41, 5.74) is 0.0218. The average Bonchev–Trinajstić information content (AvgIpc) is 2.65. The number of nitrogens with zero attached hydrogens (tertiary/aromatic N) is 1. The van der Waals surface area contributed by atoms with E-state index in [0.717, 1.165) is 4.88 Å².